The summed E-state index contributed by atoms with van der Waals surface area (Å²) in [5.74, 6) is 1.49. The monoisotopic (exact) mass is 359 g/mol. The van der Waals surface area contributed by atoms with Crippen molar-refractivity contribution >= 4 is 10.9 Å². The van der Waals surface area contributed by atoms with E-state index in [2.05, 4.69) is 0 Å². The fraction of sp³-hybridized carbons (Fsp3) is 0.130. The number of ether oxygens (including phenoxy) is 1. The molecule has 0 saturated carbocycles. The highest BCUT2D eigenvalue weighted by atomic mass is 16.5. The van der Waals surface area contributed by atoms with Crippen LogP contribution in [0.2, 0.25) is 0 Å². The lowest BCUT2D eigenvalue weighted by Crippen LogP contribution is -2.27. The van der Waals surface area contributed by atoms with Crippen molar-refractivity contribution in [3.8, 4) is 11.5 Å². The average molecular weight is 359 g/mol. The highest BCUT2D eigenvalue weighted by molar-refractivity contribution is 5.82. The molecule has 27 heavy (non-hydrogen) atoms. The van der Waals surface area contributed by atoms with Crippen LogP contribution in [0.5, 0.6) is 11.5 Å². The molecule has 0 aliphatic rings. The third-order valence-corrected chi connectivity index (χ3v) is 4.67. The Morgan fingerprint density at radius 1 is 0.815 bits per heavy atom. The minimum absolute atomic E-state index is 0.320. The predicted molar refractivity (Wildman–Crippen MR) is 106 cm³/mol. The summed E-state index contributed by atoms with van der Waals surface area (Å²) in [7, 11) is 0. The zero-order valence-electron chi connectivity index (χ0n) is 14.8. The van der Waals surface area contributed by atoms with E-state index in [9.17, 15) is 10.2 Å². The van der Waals surface area contributed by atoms with Gasteiger partial charge >= 0.3 is 0 Å². The summed E-state index contributed by atoms with van der Waals surface area (Å²) in [6, 6.07) is 26.8. The summed E-state index contributed by atoms with van der Waals surface area (Å²) >= 11 is 0. The molecule has 1 heterocycles. The second-order valence-corrected chi connectivity index (χ2v) is 6.46. The number of nitrogens with zero attached hydrogens (tertiary/aromatic N) is 1. The van der Waals surface area contributed by atoms with E-state index < -0.39 is 6.10 Å². The quantitative estimate of drug-likeness (QED) is 0.537. The Balaban J connectivity index is 1.77. The number of benzene rings is 3. The highest BCUT2D eigenvalue weighted by Crippen LogP contribution is 2.31. The molecular weight excluding hydrogens is 338 g/mol. The fourth-order valence-electron chi connectivity index (χ4n) is 3.38. The summed E-state index contributed by atoms with van der Waals surface area (Å²) in [5.41, 5.74) is 1.87. The first-order valence-corrected chi connectivity index (χ1v) is 8.93. The van der Waals surface area contributed by atoms with Crippen LogP contribution >= 0.6 is 0 Å². The Bertz CT molecular complexity index is 1010. The van der Waals surface area contributed by atoms with E-state index in [0.717, 1.165) is 28.0 Å². The molecule has 2 N–H and O–H groups in total. The van der Waals surface area contributed by atoms with Crippen molar-refractivity contribution < 1.29 is 14.9 Å². The summed E-state index contributed by atoms with van der Waals surface area (Å²) < 4.78 is 7.95. The molecule has 4 nitrogen and oxygen atoms in total. The van der Waals surface area contributed by atoms with E-state index >= 15 is 0 Å². The molecule has 0 bridgehead atoms. The molecule has 0 aliphatic carbocycles. The van der Waals surface area contributed by atoms with Crippen LogP contribution in [0.15, 0.2) is 91.1 Å². The standard InChI is InChI=1S/C23H21NO3/c25-16-22(26)23(18-7-3-1-4-8-18)24-14-13-17-11-12-20(15-21(17)24)27-19-9-5-2-6-10-19/h1-15,22-23,25-26H,16H2/t22-,23+/m1/s1. The number of para-hydroxylation sites is 1. The third kappa shape index (κ3) is 3.58. The van der Waals surface area contributed by atoms with Gasteiger partial charge < -0.3 is 19.5 Å². The van der Waals surface area contributed by atoms with Gasteiger partial charge in [0.05, 0.1) is 18.2 Å². The number of aliphatic hydroxyl groups excluding tert-OH is 2. The predicted octanol–water partition coefficient (Wildman–Crippen LogP) is 4.38. The van der Waals surface area contributed by atoms with Crippen LogP contribution in [0.3, 0.4) is 0 Å². The van der Waals surface area contributed by atoms with Crippen LogP contribution in [0, 0.1) is 0 Å². The molecule has 2 atom stereocenters. The largest absolute Gasteiger partial charge is 0.457 e. The van der Waals surface area contributed by atoms with Crippen LogP contribution in [-0.4, -0.2) is 27.5 Å². The molecule has 0 spiro atoms. The van der Waals surface area contributed by atoms with E-state index in [1.807, 2.05) is 95.7 Å². The molecule has 0 fully saturated rings. The topological polar surface area (TPSA) is 54.6 Å². The van der Waals surface area contributed by atoms with Gasteiger partial charge in [-0.3, -0.25) is 0 Å². The summed E-state index contributed by atoms with van der Waals surface area (Å²) in [6.07, 6.45) is 1.02. The number of aromatic nitrogens is 1. The summed E-state index contributed by atoms with van der Waals surface area (Å²) in [5, 5.41) is 21.1. The van der Waals surface area contributed by atoms with Crippen LogP contribution in [-0.2, 0) is 0 Å². The lowest BCUT2D eigenvalue weighted by Gasteiger charge is -2.25. The van der Waals surface area contributed by atoms with Gasteiger partial charge in [0.1, 0.15) is 17.6 Å². The zero-order chi connectivity index (χ0) is 18.6. The molecule has 0 aliphatic heterocycles. The number of rotatable bonds is 6. The fourth-order valence-corrected chi connectivity index (χ4v) is 3.38. The van der Waals surface area contributed by atoms with Gasteiger partial charge in [0.25, 0.3) is 0 Å². The lowest BCUT2D eigenvalue weighted by atomic mass is 10.0. The van der Waals surface area contributed by atoms with Gasteiger partial charge in [-0.1, -0.05) is 48.5 Å². The number of aliphatic hydroxyl groups is 2. The molecule has 3 aromatic carbocycles. The van der Waals surface area contributed by atoms with Gasteiger partial charge in [0.2, 0.25) is 0 Å². The number of hydrogen-bond donors (Lipinski definition) is 2. The van der Waals surface area contributed by atoms with Gasteiger partial charge in [-0.05, 0) is 41.3 Å². The first kappa shape index (κ1) is 17.3. The minimum atomic E-state index is -0.915. The van der Waals surface area contributed by atoms with E-state index in [1.54, 1.807) is 0 Å². The molecule has 0 saturated heterocycles. The highest BCUT2D eigenvalue weighted by Gasteiger charge is 2.23. The zero-order valence-corrected chi connectivity index (χ0v) is 14.8. The van der Waals surface area contributed by atoms with Gasteiger partial charge in [-0.15, -0.1) is 0 Å². The van der Waals surface area contributed by atoms with Crippen molar-refractivity contribution in [2.75, 3.05) is 6.61 Å². The lowest BCUT2D eigenvalue weighted by molar-refractivity contribution is 0.0654. The van der Waals surface area contributed by atoms with Crippen molar-refractivity contribution in [3.63, 3.8) is 0 Å². The maximum absolute atomic E-state index is 10.5. The van der Waals surface area contributed by atoms with Gasteiger partial charge in [-0.25, -0.2) is 0 Å². The third-order valence-electron chi connectivity index (χ3n) is 4.67. The van der Waals surface area contributed by atoms with E-state index in [0.29, 0.717) is 0 Å². The van der Waals surface area contributed by atoms with Gasteiger partial charge in [0, 0.05) is 12.3 Å². The van der Waals surface area contributed by atoms with E-state index in [1.165, 1.54) is 0 Å². The maximum Gasteiger partial charge on any atom is 0.129 e. The molecule has 4 heteroatoms. The van der Waals surface area contributed by atoms with Crippen LogP contribution in [0.1, 0.15) is 11.6 Å². The normalized spacial score (nSPS) is 13.4. The van der Waals surface area contributed by atoms with Crippen molar-refractivity contribution in [1.82, 2.24) is 4.57 Å². The Kier molecular flexibility index (Phi) is 4.92. The Labute approximate surface area is 157 Å². The van der Waals surface area contributed by atoms with Crippen molar-refractivity contribution in [3.05, 3.63) is 96.7 Å². The SMILES string of the molecule is OC[C@@H](O)[C@H](c1ccccc1)n1ccc2ccc(Oc3ccccc3)cc21. The number of hydrogen-bond acceptors (Lipinski definition) is 3. The molecular formula is C23H21NO3. The minimum Gasteiger partial charge on any atom is -0.457 e. The van der Waals surface area contributed by atoms with Gasteiger partial charge in [0.15, 0.2) is 0 Å². The maximum atomic E-state index is 10.5. The molecule has 4 aromatic rings. The van der Waals surface area contributed by atoms with Crippen molar-refractivity contribution in [2.24, 2.45) is 0 Å². The molecule has 4 rings (SSSR count). The van der Waals surface area contributed by atoms with E-state index in [-0.39, 0.29) is 12.6 Å². The number of fused-ring (bicyclic) bond motifs is 1. The Morgan fingerprint density at radius 2 is 1.52 bits per heavy atom. The first-order valence-electron chi connectivity index (χ1n) is 8.93. The second-order valence-electron chi connectivity index (χ2n) is 6.46. The van der Waals surface area contributed by atoms with Crippen LogP contribution in [0.25, 0.3) is 10.9 Å². The molecule has 1 aromatic heterocycles. The molecule has 0 amide bonds. The van der Waals surface area contributed by atoms with Crippen molar-refractivity contribution in [1.29, 1.82) is 0 Å². The van der Waals surface area contributed by atoms with Crippen LogP contribution < -0.4 is 4.74 Å². The van der Waals surface area contributed by atoms with Gasteiger partial charge in [-0.2, -0.15) is 0 Å². The average Bonchev–Trinajstić information content (AvgIpc) is 3.12. The van der Waals surface area contributed by atoms with E-state index in [4.69, 9.17) is 4.74 Å². The van der Waals surface area contributed by atoms with Crippen molar-refractivity contribution in [2.45, 2.75) is 12.1 Å². The molecule has 136 valence electrons. The molecule has 0 radical (unpaired) electrons. The smallest absolute Gasteiger partial charge is 0.129 e. The van der Waals surface area contributed by atoms with Crippen LogP contribution in [0.4, 0.5) is 0 Å². The first-order chi connectivity index (χ1) is 13.3. The Morgan fingerprint density at radius 3 is 2.22 bits per heavy atom. The Hall–Kier alpha value is -3.08. The summed E-state index contributed by atoms with van der Waals surface area (Å²) in [6.45, 7) is -0.320. The summed E-state index contributed by atoms with van der Waals surface area (Å²) in [4.78, 5) is 0. The molecule has 0 unspecified atom stereocenters. The second kappa shape index (κ2) is 7.66.